The number of nitriles is 1. The molecule has 1 unspecified atom stereocenters. The highest BCUT2D eigenvalue weighted by molar-refractivity contribution is 5.53. The molecule has 1 aromatic rings. The van der Waals surface area contributed by atoms with Crippen LogP contribution in [0.15, 0.2) is 12.1 Å². The molecule has 0 saturated carbocycles. The molecule has 0 spiro atoms. The van der Waals surface area contributed by atoms with Gasteiger partial charge in [-0.3, -0.25) is 0 Å². The Labute approximate surface area is 89.1 Å². The normalized spacial score (nSPS) is 23.8. The summed E-state index contributed by atoms with van der Waals surface area (Å²) in [6.07, 6.45) is 2.58. The van der Waals surface area contributed by atoms with Gasteiger partial charge in [0.25, 0.3) is 0 Å². The molecule has 1 aliphatic heterocycles. The van der Waals surface area contributed by atoms with E-state index in [1.54, 1.807) is 6.07 Å². The summed E-state index contributed by atoms with van der Waals surface area (Å²) in [6, 6.07) is 5.64. The maximum atomic E-state index is 8.73. The zero-order valence-corrected chi connectivity index (χ0v) is 8.75. The Balaban J connectivity index is 2.33. The molecule has 15 heavy (non-hydrogen) atoms. The van der Waals surface area contributed by atoms with E-state index in [4.69, 9.17) is 11.0 Å². The Kier molecular flexibility index (Phi) is 2.33. The molecule has 0 aliphatic carbocycles. The number of nitrogens with two attached hydrogens (primary N) is 1. The minimum Gasteiger partial charge on any atom is -0.366 e. The number of nitrogens with one attached hydrogen (secondary N) is 1. The molecule has 4 nitrogen and oxygen atoms in total. The first-order valence-corrected chi connectivity index (χ1v) is 5.14. The highest BCUT2D eigenvalue weighted by atomic mass is 15.1. The second-order valence-corrected chi connectivity index (χ2v) is 3.94. The minimum atomic E-state index is -0.317. The third-order valence-electron chi connectivity index (χ3n) is 2.91. The van der Waals surface area contributed by atoms with Crippen LogP contribution in [0.4, 0.5) is 5.69 Å². The molecule has 2 heterocycles. The van der Waals surface area contributed by atoms with E-state index in [0.717, 1.165) is 30.6 Å². The Morgan fingerprint density at radius 2 is 2.47 bits per heavy atom. The van der Waals surface area contributed by atoms with Crippen LogP contribution in [-0.2, 0) is 6.42 Å². The van der Waals surface area contributed by atoms with Crippen LogP contribution in [-0.4, -0.2) is 10.6 Å². The molecule has 1 atom stereocenters. The average molecular weight is 202 g/mol. The number of hydrogen-bond acceptors (Lipinski definition) is 4. The van der Waals surface area contributed by atoms with E-state index in [2.05, 4.69) is 17.2 Å². The van der Waals surface area contributed by atoms with E-state index in [-0.39, 0.29) is 5.66 Å². The number of rotatable bonds is 1. The van der Waals surface area contributed by atoms with Crippen molar-refractivity contribution in [3.8, 4) is 6.07 Å². The summed E-state index contributed by atoms with van der Waals surface area (Å²) in [5.41, 5.74) is 8.20. The quantitative estimate of drug-likeness (QED) is 0.721. The maximum absolute atomic E-state index is 8.73. The lowest BCUT2D eigenvalue weighted by Gasteiger charge is -2.35. The van der Waals surface area contributed by atoms with Gasteiger partial charge < -0.3 is 11.1 Å². The molecule has 0 fully saturated rings. The first-order valence-electron chi connectivity index (χ1n) is 5.14. The summed E-state index contributed by atoms with van der Waals surface area (Å²) >= 11 is 0. The smallest absolute Gasteiger partial charge is 0.140 e. The van der Waals surface area contributed by atoms with Crippen molar-refractivity contribution in [3.05, 3.63) is 23.5 Å². The molecule has 78 valence electrons. The summed E-state index contributed by atoms with van der Waals surface area (Å²) in [5, 5.41) is 12.0. The van der Waals surface area contributed by atoms with Crippen LogP contribution in [0.5, 0.6) is 0 Å². The van der Waals surface area contributed by atoms with Crippen molar-refractivity contribution in [1.82, 2.24) is 4.98 Å². The fraction of sp³-hybridized carbons (Fsp3) is 0.455. The lowest BCUT2D eigenvalue weighted by atomic mass is 9.94. The number of nitrogens with zero attached hydrogens (tertiary/aromatic N) is 2. The molecule has 0 bridgehead atoms. The van der Waals surface area contributed by atoms with Gasteiger partial charge in [-0.05, 0) is 31.4 Å². The number of aryl methyl sites for hydroxylation is 1. The fourth-order valence-corrected chi connectivity index (χ4v) is 1.81. The van der Waals surface area contributed by atoms with Gasteiger partial charge in [0.05, 0.1) is 17.0 Å². The molecule has 0 aromatic carbocycles. The van der Waals surface area contributed by atoms with Gasteiger partial charge in [0.1, 0.15) is 11.8 Å². The number of hydrogen-bond donors (Lipinski definition) is 2. The maximum Gasteiger partial charge on any atom is 0.140 e. The van der Waals surface area contributed by atoms with E-state index in [9.17, 15) is 0 Å². The number of aromatic nitrogens is 1. The van der Waals surface area contributed by atoms with Gasteiger partial charge in [0.15, 0.2) is 0 Å². The zero-order valence-electron chi connectivity index (χ0n) is 8.75. The van der Waals surface area contributed by atoms with Gasteiger partial charge in [-0.2, -0.15) is 5.26 Å². The second kappa shape index (κ2) is 3.52. The van der Waals surface area contributed by atoms with Crippen LogP contribution < -0.4 is 11.1 Å². The molecule has 0 radical (unpaired) electrons. The molecule has 3 N–H and O–H groups in total. The number of anilines is 1. The molecule has 1 aromatic heterocycles. The molecule has 4 heteroatoms. The third kappa shape index (κ3) is 1.79. The SMILES string of the molecule is CCC1(N)CCc2nc(C#N)ccc2N1. The van der Waals surface area contributed by atoms with Crippen LogP contribution >= 0.6 is 0 Å². The summed E-state index contributed by atoms with van der Waals surface area (Å²) in [7, 11) is 0. The first kappa shape index (κ1) is 9.94. The van der Waals surface area contributed by atoms with Gasteiger partial charge in [-0.15, -0.1) is 0 Å². The highest BCUT2D eigenvalue weighted by Crippen LogP contribution is 2.28. The van der Waals surface area contributed by atoms with E-state index in [1.165, 1.54) is 0 Å². The van der Waals surface area contributed by atoms with Crippen molar-refractivity contribution in [1.29, 1.82) is 5.26 Å². The van der Waals surface area contributed by atoms with Gasteiger partial charge in [-0.1, -0.05) is 6.92 Å². The lowest BCUT2D eigenvalue weighted by molar-refractivity contribution is 0.417. The van der Waals surface area contributed by atoms with Crippen LogP contribution in [0.2, 0.25) is 0 Å². The van der Waals surface area contributed by atoms with Crippen molar-refractivity contribution >= 4 is 5.69 Å². The Morgan fingerprint density at radius 3 is 3.13 bits per heavy atom. The average Bonchev–Trinajstić information content (AvgIpc) is 2.28. The van der Waals surface area contributed by atoms with Crippen LogP contribution in [0, 0.1) is 11.3 Å². The Hall–Kier alpha value is -1.60. The molecule has 0 amide bonds. The lowest BCUT2D eigenvalue weighted by Crippen LogP contribution is -2.49. The van der Waals surface area contributed by atoms with Crippen molar-refractivity contribution in [2.24, 2.45) is 5.73 Å². The van der Waals surface area contributed by atoms with Crippen molar-refractivity contribution in [3.63, 3.8) is 0 Å². The van der Waals surface area contributed by atoms with Crippen LogP contribution in [0.3, 0.4) is 0 Å². The van der Waals surface area contributed by atoms with E-state index in [1.807, 2.05) is 12.1 Å². The molecular weight excluding hydrogens is 188 g/mol. The van der Waals surface area contributed by atoms with Crippen molar-refractivity contribution < 1.29 is 0 Å². The minimum absolute atomic E-state index is 0.317. The van der Waals surface area contributed by atoms with Crippen molar-refractivity contribution in [2.75, 3.05) is 5.32 Å². The third-order valence-corrected chi connectivity index (χ3v) is 2.91. The molecule has 1 aliphatic rings. The standard InChI is InChI=1S/C11H14N4/c1-2-11(13)6-5-9-10(15-11)4-3-8(7-12)14-9/h3-4,15H,2,5-6,13H2,1H3. The molecule has 2 rings (SSSR count). The largest absolute Gasteiger partial charge is 0.366 e. The van der Waals surface area contributed by atoms with E-state index in [0.29, 0.717) is 5.69 Å². The van der Waals surface area contributed by atoms with Crippen LogP contribution in [0.25, 0.3) is 0 Å². The summed E-state index contributed by atoms with van der Waals surface area (Å²) < 4.78 is 0. The monoisotopic (exact) mass is 202 g/mol. The first-order chi connectivity index (χ1) is 7.17. The van der Waals surface area contributed by atoms with E-state index < -0.39 is 0 Å². The second-order valence-electron chi connectivity index (χ2n) is 3.94. The van der Waals surface area contributed by atoms with Gasteiger partial charge in [-0.25, -0.2) is 4.98 Å². The predicted molar refractivity (Wildman–Crippen MR) is 58.1 cm³/mol. The zero-order chi connectivity index (χ0) is 10.9. The Bertz CT molecular complexity index is 421. The van der Waals surface area contributed by atoms with Crippen molar-refractivity contribution in [2.45, 2.75) is 31.8 Å². The predicted octanol–water partition coefficient (Wildman–Crippen LogP) is 1.38. The summed E-state index contributed by atoms with van der Waals surface area (Å²) in [5.74, 6) is 0. The summed E-state index contributed by atoms with van der Waals surface area (Å²) in [4.78, 5) is 4.25. The number of fused-ring (bicyclic) bond motifs is 1. The number of pyridine rings is 1. The Morgan fingerprint density at radius 1 is 1.67 bits per heavy atom. The van der Waals surface area contributed by atoms with Gasteiger partial charge >= 0.3 is 0 Å². The van der Waals surface area contributed by atoms with E-state index >= 15 is 0 Å². The topological polar surface area (TPSA) is 74.7 Å². The molecular formula is C11H14N4. The summed E-state index contributed by atoms with van der Waals surface area (Å²) in [6.45, 7) is 2.06. The van der Waals surface area contributed by atoms with Gasteiger partial charge in [0, 0.05) is 0 Å². The fourth-order valence-electron chi connectivity index (χ4n) is 1.81. The highest BCUT2D eigenvalue weighted by Gasteiger charge is 2.28. The molecule has 0 saturated heterocycles. The van der Waals surface area contributed by atoms with Gasteiger partial charge in [0.2, 0.25) is 0 Å². The van der Waals surface area contributed by atoms with Crippen LogP contribution in [0.1, 0.15) is 31.2 Å².